The standard InChI is InChI=1S/C9H11BrN2O3/c10-8-3-1-2-7(12-8)9(15)11-4-6(14)5-13/h1-3,6,13-14H,4-5H2,(H,11,15). The van der Waals surface area contributed by atoms with Crippen LogP contribution in [0.25, 0.3) is 0 Å². The van der Waals surface area contributed by atoms with Gasteiger partial charge in [-0.25, -0.2) is 4.98 Å². The van der Waals surface area contributed by atoms with Crippen molar-refractivity contribution in [1.29, 1.82) is 0 Å². The van der Waals surface area contributed by atoms with Crippen LogP contribution in [0.1, 0.15) is 10.5 Å². The summed E-state index contributed by atoms with van der Waals surface area (Å²) in [5, 5.41) is 20.0. The Hall–Kier alpha value is -0.980. The first-order valence-electron chi connectivity index (χ1n) is 4.33. The van der Waals surface area contributed by atoms with Crippen LogP contribution in [0.2, 0.25) is 0 Å². The van der Waals surface area contributed by atoms with Crippen molar-refractivity contribution in [3.05, 3.63) is 28.5 Å². The van der Waals surface area contributed by atoms with Crippen LogP contribution in [0, 0.1) is 0 Å². The van der Waals surface area contributed by atoms with E-state index < -0.39 is 6.10 Å². The number of hydrogen-bond donors (Lipinski definition) is 3. The lowest BCUT2D eigenvalue weighted by Crippen LogP contribution is -2.34. The van der Waals surface area contributed by atoms with Crippen molar-refractivity contribution >= 4 is 21.8 Å². The molecule has 3 N–H and O–H groups in total. The van der Waals surface area contributed by atoms with Gasteiger partial charge in [0.05, 0.1) is 12.7 Å². The average molecular weight is 275 g/mol. The molecule has 1 unspecified atom stereocenters. The van der Waals surface area contributed by atoms with Gasteiger partial charge >= 0.3 is 0 Å². The Morgan fingerprint density at radius 1 is 1.60 bits per heavy atom. The molecule has 0 radical (unpaired) electrons. The van der Waals surface area contributed by atoms with Crippen molar-refractivity contribution in [2.45, 2.75) is 6.10 Å². The number of aliphatic hydroxyl groups excluding tert-OH is 2. The molecule has 1 aromatic heterocycles. The minimum atomic E-state index is -0.943. The number of aliphatic hydroxyl groups is 2. The van der Waals surface area contributed by atoms with Crippen molar-refractivity contribution < 1.29 is 15.0 Å². The Morgan fingerprint density at radius 2 is 2.33 bits per heavy atom. The Kier molecular flexibility index (Phi) is 4.67. The van der Waals surface area contributed by atoms with Gasteiger partial charge in [0, 0.05) is 6.54 Å². The summed E-state index contributed by atoms with van der Waals surface area (Å²) in [5.41, 5.74) is 0.259. The van der Waals surface area contributed by atoms with Crippen molar-refractivity contribution in [2.24, 2.45) is 0 Å². The maximum Gasteiger partial charge on any atom is 0.270 e. The van der Waals surface area contributed by atoms with Crippen molar-refractivity contribution in [3.8, 4) is 0 Å². The van der Waals surface area contributed by atoms with Gasteiger partial charge in [-0.1, -0.05) is 6.07 Å². The Balaban J connectivity index is 2.54. The van der Waals surface area contributed by atoms with Gasteiger partial charge < -0.3 is 15.5 Å². The topological polar surface area (TPSA) is 82.5 Å². The molecule has 0 saturated heterocycles. The molecule has 1 heterocycles. The molecule has 0 aliphatic heterocycles. The van der Waals surface area contributed by atoms with Crippen molar-refractivity contribution in [2.75, 3.05) is 13.2 Å². The van der Waals surface area contributed by atoms with Crippen LogP contribution in [0.4, 0.5) is 0 Å². The summed E-state index contributed by atoms with van der Waals surface area (Å²) in [6.07, 6.45) is -0.943. The molecule has 0 fully saturated rings. The second kappa shape index (κ2) is 5.79. The number of carbonyl (C=O) groups excluding carboxylic acids is 1. The van der Waals surface area contributed by atoms with E-state index in [1.54, 1.807) is 18.2 Å². The molecule has 0 aromatic carbocycles. The van der Waals surface area contributed by atoms with Gasteiger partial charge in [0.2, 0.25) is 0 Å². The second-order valence-electron chi connectivity index (χ2n) is 2.89. The summed E-state index contributed by atoms with van der Waals surface area (Å²) in [7, 11) is 0. The summed E-state index contributed by atoms with van der Waals surface area (Å²) in [6.45, 7) is -0.379. The van der Waals surface area contributed by atoms with E-state index in [0.717, 1.165) is 0 Å². The zero-order chi connectivity index (χ0) is 11.3. The fourth-order valence-corrected chi connectivity index (χ4v) is 1.24. The maximum absolute atomic E-state index is 11.4. The lowest BCUT2D eigenvalue weighted by molar-refractivity contribution is 0.0798. The van der Waals surface area contributed by atoms with Crippen LogP contribution in [-0.4, -0.2) is 40.4 Å². The molecule has 1 atom stereocenters. The minimum absolute atomic E-state index is 0.00350. The van der Waals surface area contributed by atoms with Gasteiger partial charge in [0.15, 0.2) is 0 Å². The normalized spacial score (nSPS) is 12.2. The average Bonchev–Trinajstić information content (AvgIpc) is 2.25. The molecular weight excluding hydrogens is 264 g/mol. The highest BCUT2D eigenvalue weighted by Gasteiger charge is 2.09. The number of pyridine rings is 1. The zero-order valence-corrected chi connectivity index (χ0v) is 9.44. The minimum Gasteiger partial charge on any atom is -0.394 e. The number of hydrogen-bond acceptors (Lipinski definition) is 4. The maximum atomic E-state index is 11.4. The third kappa shape index (κ3) is 3.94. The quantitative estimate of drug-likeness (QED) is 0.672. The van der Waals surface area contributed by atoms with E-state index in [1.165, 1.54) is 0 Å². The molecule has 0 bridgehead atoms. The molecule has 15 heavy (non-hydrogen) atoms. The summed E-state index contributed by atoms with van der Waals surface area (Å²) in [5.74, 6) is -0.385. The van der Waals surface area contributed by atoms with Crippen LogP contribution in [0.3, 0.4) is 0 Å². The van der Waals surface area contributed by atoms with E-state index in [2.05, 4.69) is 26.2 Å². The van der Waals surface area contributed by atoms with Crippen LogP contribution in [0.5, 0.6) is 0 Å². The summed E-state index contributed by atoms with van der Waals surface area (Å²) >= 11 is 3.14. The molecular formula is C9H11BrN2O3. The van der Waals surface area contributed by atoms with Crippen molar-refractivity contribution in [3.63, 3.8) is 0 Å². The molecule has 0 spiro atoms. The highest BCUT2D eigenvalue weighted by molar-refractivity contribution is 9.10. The molecule has 1 aromatic rings. The highest BCUT2D eigenvalue weighted by Crippen LogP contribution is 2.05. The van der Waals surface area contributed by atoms with Gasteiger partial charge in [0.1, 0.15) is 10.3 Å². The fourth-order valence-electron chi connectivity index (χ4n) is 0.900. The number of amides is 1. The first-order chi connectivity index (χ1) is 7.13. The molecule has 1 rings (SSSR count). The third-order valence-corrected chi connectivity index (χ3v) is 2.10. The number of halogens is 1. The summed E-state index contributed by atoms with van der Waals surface area (Å²) in [4.78, 5) is 15.4. The molecule has 82 valence electrons. The first-order valence-corrected chi connectivity index (χ1v) is 5.12. The first kappa shape index (κ1) is 12.1. The van der Waals surface area contributed by atoms with Gasteiger partial charge in [0.25, 0.3) is 5.91 Å². The number of nitrogens with zero attached hydrogens (tertiary/aromatic N) is 1. The van der Waals surface area contributed by atoms with Gasteiger partial charge in [-0.2, -0.15) is 0 Å². The van der Waals surface area contributed by atoms with Gasteiger partial charge in [-0.15, -0.1) is 0 Å². The predicted molar refractivity (Wildman–Crippen MR) is 57.4 cm³/mol. The van der Waals surface area contributed by atoms with E-state index >= 15 is 0 Å². The van der Waals surface area contributed by atoms with Gasteiger partial charge in [-0.3, -0.25) is 4.79 Å². The van der Waals surface area contributed by atoms with Crippen molar-refractivity contribution in [1.82, 2.24) is 10.3 Å². The highest BCUT2D eigenvalue weighted by atomic mass is 79.9. The summed E-state index contributed by atoms with van der Waals surface area (Å²) < 4.78 is 0.567. The van der Waals surface area contributed by atoms with Crippen LogP contribution >= 0.6 is 15.9 Å². The molecule has 1 amide bonds. The number of nitrogens with one attached hydrogen (secondary N) is 1. The van der Waals surface area contributed by atoms with E-state index in [0.29, 0.717) is 4.60 Å². The predicted octanol–water partition coefficient (Wildman–Crippen LogP) is -0.0729. The molecule has 6 heteroatoms. The van der Waals surface area contributed by atoms with E-state index in [1.807, 2.05) is 0 Å². The lowest BCUT2D eigenvalue weighted by Gasteiger charge is -2.08. The largest absolute Gasteiger partial charge is 0.394 e. The van der Waals surface area contributed by atoms with Gasteiger partial charge in [-0.05, 0) is 28.1 Å². The monoisotopic (exact) mass is 274 g/mol. The second-order valence-corrected chi connectivity index (χ2v) is 3.70. The van der Waals surface area contributed by atoms with Crippen LogP contribution in [-0.2, 0) is 0 Å². The number of aromatic nitrogens is 1. The van der Waals surface area contributed by atoms with Crippen LogP contribution < -0.4 is 5.32 Å². The Bertz CT molecular complexity index is 346. The molecule has 5 nitrogen and oxygen atoms in total. The zero-order valence-electron chi connectivity index (χ0n) is 7.85. The third-order valence-electron chi connectivity index (χ3n) is 1.66. The van der Waals surface area contributed by atoms with Crippen LogP contribution in [0.15, 0.2) is 22.8 Å². The van der Waals surface area contributed by atoms with E-state index in [-0.39, 0.29) is 24.8 Å². The number of rotatable bonds is 4. The smallest absolute Gasteiger partial charge is 0.270 e. The molecule has 0 aliphatic rings. The number of carbonyl (C=O) groups is 1. The van der Waals surface area contributed by atoms with E-state index in [9.17, 15) is 4.79 Å². The Labute approximate surface area is 95.3 Å². The molecule has 0 aliphatic carbocycles. The lowest BCUT2D eigenvalue weighted by atomic mass is 10.3. The van der Waals surface area contributed by atoms with E-state index in [4.69, 9.17) is 10.2 Å². The SMILES string of the molecule is O=C(NCC(O)CO)c1cccc(Br)n1. The Morgan fingerprint density at radius 3 is 2.93 bits per heavy atom. The summed E-state index contributed by atoms with van der Waals surface area (Å²) in [6, 6.07) is 4.96. The fraction of sp³-hybridized carbons (Fsp3) is 0.333. The molecule has 0 saturated carbocycles.